The Morgan fingerprint density at radius 2 is 1.38 bits per heavy atom. The van der Waals surface area contributed by atoms with Crippen LogP contribution in [0.2, 0.25) is 0 Å². The summed E-state index contributed by atoms with van der Waals surface area (Å²) in [4.78, 5) is 0. The van der Waals surface area contributed by atoms with Gasteiger partial charge in [0.2, 0.25) is 0 Å². The molecule has 16 heavy (non-hydrogen) atoms. The fraction of sp³-hybridized carbons (Fsp3) is 0.467. The van der Waals surface area contributed by atoms with E-state index in [1.54, 1.807) is 11.1 Å². The van der Waals surface area contributed by atoms with Crippen LogP contribution in [0.3, 0.4) is 0 Å². The van der Waals surface area contributed by atoms with Crippen molar-refractivity contribution in [1.29, 1.82) is 0 Å². The smallest absolute Gasteiger partial charge is 0.102 e. The minimum Gasteiger partial charge on any atom is -0.357 e. The Morgan fingerprint density at radius 3 is 1.94 bits per heavy atom. The minimum absolute atomic E-state index is 0.268. The maximum absolute atomic E-state index is 5.90. The van der Waals surface area contributed by atoms with Gasteiger partial charge in [0, 0.05) is 0 Å². The van der Waals surface area contributed by atoms with Crippen molar-refractivity contribution in [3.05, 3.63) is 46.5 Å². The standard InChI is InChI=1S/C15H14O/c1-2-9-5-8(1)10-6-12-13(7-11(9)10)15-4-3-14(12)16-15/h3-4,6-9,14-15H,1-2,5H2/t8-,9+,14-,15+. The van der Waals surface area contributed by atoms with E-state index in [2.05, 4.69) is 24.3 Å². The van der Waals surface area contributed by atoms with Crippen molar-refractivity contribution in [2.24, 2.45) is 0 Å². The average molecular weight is 210 g/mol. The molecule has 4 bridgehead atoms. The van der Waals surface area contributed by atoms with Crippen molar-refractivity contribution in [2.75, 3.05) is 0 Å². The maximum atomic E-state index is 5.90. The summed E-state index contributed by atoms with van der Waals surface area (Å²) < 4.78 is 5.90. The van der Waals surface area contributed by atoms with Crippen LogP contribution >= 0.6 is 0 Å². The second-order valence-electron chi connectivity index (χ2n) is 5.68. The Hall–Kier alpha value is -1.08. The topological polar surface area (TPSA) is 9.23 Å². The molecule has 1 aromatic carbocycles. The van der Waals surface area contributed by atoms with E-state index >= 15 is 0 Å². The second kappa shape index (κ2) is 2.43. The van der Waals surface area contributed by atoms with Crippen molar-refractivity contribution >= 4 is 0 Å². The quantitative estimate of drug-likeness (QED) is 0.593. The lowest BCUT2D eigenvalue weighted by atomic mass is 9.85. The van der Waals surface area contributed by atoms with Crippen LogP contribution in [0.1, 0.15) is 65.6 Å². The third-order valence-electron chi connectivity index (χ3n) is 4.97. The van der Waals surface area contributed by atoms with Crippen LogP contribution in [0.5, 0.6) is 0 Å². The zero-order valence-corrected chi connectivity index (χ0v) is 9.15. The Kier molecular flexibility index (Phi) is 1.23. The Balaban J connectivity index is 1.78. The van der Waals surface area contributed by atoms with Gasteiger partial charge in [0.05, 0.1) is 0 Å². The van der Waals surface area contributed by atoms with Crippen LogP contribution in [0, 0.1) is 0 Å². The first-order chi connectivity index (χ1) is 7.90. The molecule has 0 spiro atoms. The van der Waals surface area contributed by atoms with E-state index < -0.39 is 0 Å². The molecule has 1 aromatic rings. The average Bonchev–Trinajstić information content (AvgIpc) is 3.07. The Morgan fingerprint density at radius 1 is 0.812 bits per heavy atom. The molecule has 0 aromatic heterocycles. The first-order valence-corrected chi connectivity index (χ1v) is 6.41. The molecule has 1 saturated carbocycles. The third kappa shape index (κ3) is 0.767. The van der Waals surface area contributed by atoms with Gasteiger partial charge in [0.1, 0.15) is 12.2 Å². The van der Waals surface area contributed by atoms with Gasteiger partial charge in [-0.05, 0) is 53.4 Å². The Bertz CT molecular complexity index is 483. The molecule has 1 heteroatoms. The summed E-state index contributed by atoms with van der Waals surface area (Å²) in [5, 5.41) is 0. The van der Waals surface area contributed by atoms with Crippen LogP contribution in [0.4, 0.5) is 0 Å². The van der Waals surface area contributed by atoms with Crippen molar-refractivity contribution in [2.45, 2.75) is 43.3 Å². The number of rotatable bonds is 0. The molecule has 0 saturated heterocycles. The summed E-state index contributed by atoms with van der Waals surface area (Å²) in [5.74, 6) is 1.74. The van der Waals surface area contributed by atoms with E-state index in [9.17, 15) is 0 Å². The van der Waals surface area contributed by atoms with Crippen LogP contribution in [-0.4, -0.2) is 0 Å². The molecule has 2 aliphatic heterocycles. The van der Waals surface area contributed by atoms with Gasteiger partial charge in [0.15, 0.2) is 0 Å². The molecular weight excluding hydrogens is 196 g/mol. The van der Waals surface area contributed by atoms with E-state index in [1.165, 1.54) is 30.4 Å². The molecule has 0 N–H and O–H groups in total. The van der Waals surface area contributed by atoms with E-state index in [1.807, 2.05) is 0 Å². The highest BCUT2D eigenvalue weighted by atomic mass is 16.5. The zero-order chi connectivity index (χ0) is 10.3. The lowest BCUT2D eigenvalue weighted by Gasteiger charge is -2.18. The van der Waals surface area contributed by atoms with Gasteiger partial charge < -0.3 is 4.74 Å². The molecule has 4 atom stereocenters. The highest BCUT2D eigenvalue weighted by molar-refractivity contribution is 5.53. The van der Waals surface area contributed by atoms with E-state index in [0.29, 0.717) is 0 Å². The predicted octanol–water partition coefficient (Wildman–Crippen LogP) is 3.73. The summed E-state index contributed by atoms with van der Waals surface area (Å²) in [7, 11) is 0. The minimum atomic E-state index is 0.268. The normalized spacial score (nSPS) is 40.5. The van der Waals surface area contributed by atoms with Gasteiger partial charge in [-0.15, -0.1) is 0 Å². The molecule has 80 valence electrons. The lowest BCUT2D eigenvalue weighted by Crippen LogP contribution is -2.02. The van der Waals surface area contributed by atoms with Gasteiger partial charge in [-0.3, -0.25) is 0 Å². The number of fused-ring (bicyclic) bond motifs is 10. The third-order valence-corrected chi connectivity index (χ3v) is 4.97. The predicted molar refractivity (Wildman–Crippen MR) is 61.5 cm³/mol. The Labute approximate surface area is 95.1 Å². The summed E-state index contributed by atoms with van der Waals surface area (Å²) >= 11 is 0. The van der Waals surface area contributed by atoms with Crippen LogP contribution in [-0.2, 0) is 4.74 Å². The number of benzene rings is 1. The van der Waals surface area contributed by atoms with Crippen molar-refractivity contribution < 1.29 is 4.74 Å². The molecule has 4 aliphatic rings. The second-order valence-corrected chi connectivity index (χ2v) is 5.68. The molecule has 0 amide bonds. The van der Waals surface area contributed by atoms with E-state index in [4.69, 9.17) is 4.74 Å². The van der Waals surface area contributed by atoms with Gasteiger partial charge in [-0.25, -0.2) is 0 Å². The largest absolute Gasteiger partial charge is 0.357 e. The SMILES string of the molecule is C1=C[C@H]2O[C@@H]1c1cc3c(cc12)[C@@H]1CC[C@H]3C1. The van der Waals surface area contributed by atoms with Crippen LogP contribution in [0.15, 0.2) is 24.3 Å². The molecule has 1 nitrogen and oxygen atoms in total. The molecule has 1 fully saturated rings. The van der Waals surface area contributed by atoms with Gasteiger partial charge >= 0.3 is 0 Å². The monoisotopic (exact) mass is 210 g/mol. The molecule has 0 unspecified atom stereocenters. The van der Waals surface area contributed by atoms with E-state index in [0.717, 1.165) is 11.8 Å². The van der Waals surface area contributed by atoms with Crippen LogP contribution < -0.4 is 0 Å². The highest BCUT2D eigenvalue weighted by Gasteiger charge is 2.41. The zero-order valence-electron chi connectivity index (χ0n) is 9.15. The number of hydrogen-bond acceptors (Lipinski definition) is 1. The van der Waals surface area contributed by atoms with Crippen molar-refractivity contribution in [1.82, 2.24) is 0 Å². The maximum Gasteiger partial charge on any atom is 0.102 e. The molecule has 2 aliphatic carbocycles. The summed E-state index contributed by atoms with van der Waals surface area (Å²) in [6.07, 6.45) is 9.22. The van der Waals surface area contributed by atoms with Gasteiger partial charge in [-0.2, -0.15) is 0 Å². The van der Waals surface area contributed by atoms with Crippen LogP contribution in [0.25, 0.3) is 0 Å². The molecular formula is C15H14O. The van der Waals surface area contributed by atoms with Crippen molar-refractivity contribution in [3.8, 4) is 0 Å². The summed E-state index contributed by atoms with van der Waals surface area (Å²) in [5.41, 5.74) is 6.22. The summed E-state index contributed by atoms with van der Waals surface area (Å²) in [6, 6.07) is 4.92. The molecule has 5 rings (SSSR count). The van der Waals surface area contributed by atoms with E-state index in [-0.39, 0.29) is 12.2 Å². The number of hydrogen-bond donors (Lipinski definition) is 0. The fourth-order valence-corrected chi connectivity index (χ4v) is 4.22. The van der Waals surface area contributed by atoms with Gasteiger partial charge in [-0.1, -0.05) is 24.3 Å². The first kappa shape index (κ1) is 8.08. The molecule has 2 heterocycles. The van der Waals surface area contributed by atoms with Gasteiger partial charge in [0.25, 0.3) is 0 Å². The van der Waals surface area contributed by atoms with Crippen molar-refractivity contribution in [3.63, 3.8) is 0 Å². The first-order valence-electron chi connectivity index (χ1n) is 6.41. The highest BCUT2D eigenvalue weighted by Crippen LogP contribution is 2.56. The fourth-order valence-electron chi connectivity index (χ4n) is 4.22. The summed E-state index contributed by atoms with van der Waals surface area (Å²) in [6.45, 7) is 0. The molecule has 0 radical (unpaired) electrons. The lowest BCUT2D eigenvalue weighted by molar-refractivity contribution is 0.0878. The number of ether oxygens (including phenoxy) is 1.